The predicted molar refractivity (Wildman–Crippen MR) is 117 cm³/mol. The minimum atomic E-state index is -3.74. The molecule has 4 rings (SSSR count). The first-order valence-corrected chi connectivity index (χ1v) is 11.3. The summed E-state index contributed by atoms with van der Waals surface area (Å²) < 4.78 is 29.3. The highest BCUT2D eigenvalue weighted by Crippen LogP contribution is 2.23. The number of benzene rings is 1. The van der Waals surface area contributed by atoms with E-state index in [4.69, 9.17) is 0 Å². The number of nitrogens with zero attached hydrogens (tertiary/aromatic N) is 5. The summed E-state index contributed by atoms with van der Waals surface area (Å²) in [6.07, 6.45) is 3.85. The lowest BCUT2D eigenvalue weighted by molar-refractivity contribution is 0.598. The van der Waals surface area contributed by atoms with Crippen LogP contribution in [-0.4, -0.2) is 41.0 Å². The highest BCUT2D eigenvalue weighted by molar-refractivity contribution is 7.92. The minimum absolute atomic E-state index is 0.00713. The van der Waals surface area contributed by atoms with Crippen molar-refractivity contribution in [2.24, 2.45) is 7.05 Å². The molecule has 1 aliphatic rings. The molecule has 9 nitrogen and oxygen atoms in total. The van der Waals surface area contributed by atoms with Gasteiger partial charge in [0, 0.05) is 49.5 Å². The van der Waals surface area contributed by atoms with Crippen molar-refractivity contribution in [1.29, 1.82) is 0 Å². The van der Waals surface area contributed by atoms with E-state index in [1.165, 1.54) is 19.0 Å². The third kappa shape index (κ3) is 4.38. The van der Waals surface area contributed by atoms with E-state index in [0.717, 1.165) is 30.3 Å². The van der Waals surface area contributed by atoms with E-state index >= 15 is 0 Å². The van der Waals surface area contributed by atoms with Crippen LogP contribution in [0.5, 0.6) is 0 Å². The Morgan fingerprint density at radius 1 is 0.967 bits per heavy atom. The van der Waals surface area contributed by atoms with Crippen molar-refractivity contribution < 1.29 is 8.42 Å². The molecule has 158 valence electrons. The Morgan fingerprint density at radius 3 is 2.27 bits per heavy atom. The zero-order chi connectivity index (χ0) is 21.3. The highest BCUT2D eigenvalue weighted by Gasteiger charge is 2.19. The second kappa shape index (κ2) is 7.94. The van der Waals surface area contributed by atoms with E-state index in [0.29, 0.717) is 17.5 Å². The third-order valence-electron chi connectivity index (χ3n) is 5.03. The SMILES string of the molecule is Cc1cc(N2CCCC2)nc(Nc2ccc(NS(=O)(=O)c3cn(C)c(C)n3)cc2)n1. The molecular weight excluding hydrogens is 402 g/mol. The summed E-state index contributed by atoms with van der Waals surface area (Å²) in [7, 11) is -1.99. The van der Waals surface area contributed by atoms with E-state index in [1.807, 2.05) is 13.0 Å². The number of rotatable bonds is 6. The minimum Gasteiger partial charge on any atom is -0.356 e. The Morgan fingerprint density at radius 2 is 1.63 bits per heavy atom. The van der Waals surface area contributed by atoms with E-state index in [2.05, 4.69) is 29.9 Å². The largest absolute Gasteiger partial charge is 0.356 e. The van der Waals surface area contributed by atoms with E-state index in [9.17, 15) is 8.42 Å². The quantitative estimate of drug-likeness (QED) is 0.623. The Hall–Kier alpha value is -3.14. The molecular formula is C20H25N7O2S. The van der Waals surface area contributed by atoms with Crippen LogP contribution in [0.3, 0.4) is 0 Å². The number of aromatic nitrogens is 4. The van der Waals surface area contributed by atoms with Crippen LogP contribution in [0.15, 0.2) is 41.6 Å². The van der Waals surface area contributed by atoms with Gasteiger partial charge in [0.2, 0.25) is 5.95 Å². The maximum Gasteiger partial charge on any atom is 0.280 e. The van der Waals surface area contributed by atoms with Crippen molar-refractivity contribution >= 4 is 33.2 Å². The van der Waals surface area contributed by atoms with Gasteiger partial charge in [0.1, 0.15) is 11.6 Å². The molecule has 1 saturated heterocycles. The Bertz CT molecular complexity index is 1130. The number of aryl methyl sites for hydroxylation is 3. The summed E-state index contributed by atoms with van der Waals surface area (Å²) in [5, 5.41) is 3.19. The van der Waals surface area contributed by atoms with Crippen molar-refractivity contribution in [3.05, 3.63) is 48.0 Å². The zero-order valence-electron chi connectivity index (χ0n) is 17.3. The number of sulfonamides is 1. The molecule has 0 bridgehead atoms. The van der Waals surface area contributed by atoms with Gasteiger partial charge in [0.25, 0.3) is 10.0 Å². The van der Waals surface area contributed by atoms with Crippen molar-refractivity contribution in [2.75, 3.05) is 28.0 Å². The number of imidazole rings is 1. The molecule has 2 N–H and O–H groups in total. The van der Waals surface area contributed by atoms with Gasteiger partial charge in [-0.2, -0.15) is 13.4 Å². The van der Waals surface area contributed by atoms with Crippen LogP contribution in [0.25, 0.3) is 0 Å². The second-order valence-corrected chi connectivity index (χ2v) is 9.06. The van der Waals surface area contributed by atoms with Crippen molar-refractivity contribution in [3.63, 3.8) is 0 Å². The summed E-state index contributed by atoms with van der Waals surface area (Å²) in [6.45, 7) is 5.73. The lowest BCUT2D eigenvalue weighted by Gasteiger charge is -2.17. The van der Waals surface area contributed by atoms with Crippen LogP contribution in [0.1, 0.15) is 24.4 Å². The topological polar surface area (TPSA) is 105 Å². The summed E-state index contributed by atoms with van der Waals surface area (Å²) in [4.78, 5) is 15.4. The normalized spacial score (nSPS) is 14.2. The van der Waals surface area contributed by atoms with Crippen LogP contribution in [0, 0.1) is 13.8 Å². The summed E-state index contributed by atoms with van der Waals surface area (Å²) in [5.41, 5.74) is 2.11. The smallest absolute Gasteiger partial charge is 0.280 e. The van der Waals surface area contributed by atoms with Gasteiger partial charge >= 0.3 is 0 Å². The van der Waals surface area contributed by atoms with Gasteiger partial charge in [-0.1, -0.05) is 0 Å². The van der Waals surface area contributed by atoms with Crippen molar-refractivity contribution in [2.45, 2.75) is 31.7 Å². The molecule has 0 spiro atoms. The Balaban J connectivity index is 1.47. The molecule has 0 aliphatic carbocycles. The first kappa shape index (κ1) is 20.1. The molecule has 0 saturated carbocycles. The summed E-state index contributed by atoms with van der Waals surface area (Å²) in [5.74, 6) is 2.08. The van der Waals surface area contributed by atoms with Gasteiger partial charge in [-0.25, -0.2) is 9.97 Å². The van der Waals surface area contributed by atoms with E-state index in [1.54, 1.807) is 42.8 Å². The predicted octanol–water partition coefficient (Wildman–Crippen LogP) is 2.97. The van der Waals surface area contributed by atoms with Gasteiger partial charge in [0.15, 0.2) is 5.03 Å². The maximum absolute atomic E-state index is 12.5. The fourth-order valence-corrected chi connectivity index (χ4v) is 4.43. The number of nitrogens with one attached hydrogen (secondary N) is 2. The van der Waals surface area contributed by atoms with E-state index < -0.39 is 10.0 Å². The first-order valence-electron chi connectivity index (χ1n) is 9.81. The lowest BCUT2D eigenvalue weighted by Crippen LogP contribution is -2.19. The molecule has 0 unspecified atom stereocenters. The van der Waals surface area contributed by atoms with Gasteiger partial charge in [-0.3, -0.25) is 4.72 Å². The van der Waals surface area contributed by atoms with Crippen LogP contribution in [-0.2, 0) is 17.1 Å². The maximum atomic E-state index is 12.5. The molecule has 3 aromatic rings. The average molecular weight is 428 g/mol. The van der Waals surface area contributed by atoms with Crippen molar-refractivity contribution in [1.82, 2.24) is 19.5 Å². The molecule has 1 aliphatic heterocycles. The average Bonchev–Trinajstić information content (AvgIpc) is 3.34. The van der Waals surface area contributed by atoms with Gasteiger partial charge < -0.3 is 14.8 Å². The fourth-order valence-electron chi connectivity index (χ4n) is 3.33. The molecule has 10 heteroatoms. The van der Waals surface area contributed by atoms with Crippen LogP contribution in [0.2, 0.25) is 0 Å². The zero-order valence-corrected chi connectivity index (χ0v) is 18.1. The monoisotopic (exact) mass is 427 g/mol. The van der Waals surface area contributed by atoms with Gasteiger partial charge in [0.05, 0.1) is 0 Å². The molecule has 3 heterocycles. The number of hydrogen-bond donors (Lipinski definition) is 2. The molecule has 2 aromatic heterocycles. The summed E-state index contributed by atoms with van der Waals surface area (Å²) >= 11 is 0. The van der Waals surface area contributed by atoms with Gasteiger partial charge in [-0.05, 0) is 51.0 Å². The molecule has 0 atom stereocenters. The number of hydrogen-bond acceptors (Lipinski definition) is 7. The molecule has 1 fully saturated rings. The lowest BCUT2D eigenvalue weighted by atomic mass is 10.3. The third-order valence-corrected chi connectivity index (χ3v) is 6.28. The standard InChI is InChI=1S/C20H25N7O2S/c1-14-12-18(27-10-4-5-11-27)24-20(21-14)23-16-6-8-17(9-7-16)25-30(28,29)19-13-26(3)15(2)22-19/h6-9,12-13,25H,4-5,10-11H2,1-3H3,(H,21,23,24). The molecule has 0 amide bonds. The molecule has 0 radical (unpaired) electrons. The molecule has 30 heavy (non-hydrogen) atoms. The second-order valence-electron chi connectivity index (χ2n) is 7.43. The van der Waals surface area contributed by atoms with E-state index in [-0.39, 0.29) is 5.03 Å². The van der Waals surface area contributed by atoms with Crippen LogP contribution in [0.4, 0.5) is 23.1 Å². The van der Waals surface area contributed by atoms with Crippen molar-refractivity contribution in [3.8, 4) is 0 Å². The number of anilines is 4. The van der Waals surface area contributed by atoms with Gasteiger partial charge in [-0.15, -0.1) is 0 Å². The highest BCUT2D eigenvalue weighted by atomic mass is 32.2. The fraction of sp³-hybridized carbons (Fsp3) is 0.350. The Labute approximate surface area is 176 Å². The summed E-state index contributed by atoms with van der Waals surface area (Å²) in [6, 6.07) is 8.93. The van der Waals surface area contributed by atoms with Crippen LogP contribution >= 0.6 is 0 Å². The Kier molecular flexibility index (Phi) is 5.33. The first-order chi connectivity index (χ1) is 14.3. The molecule has 1 aromatic carbocycles. The van der Waals surface area contributed by atoms with Crippen LogP contribution < -0.4 is 14.9 Å².